The van der Waals surface area contributed by atoms with Crippen molar-refractivity contribution in [1.29, 1.82) is 0 Å². The van der Waals surface area contributed by atoms with Gasteiger partial charge in [0.05, 0.1) is 5.69 Å². The summed E-state index contributed by atoms with van der Waals surface area (Å²) >= 11 is 8.14. The van der Waals surface area contributed by atoms with Gasteiger partial charge in [0.15, 0.2) is 0 Å². The molecule has 0 bridgehead atoms. The first-order valence-electron chi connectivity index (χ1n) is 4.50. The summed E-state index contributed by atoms with van der Waals surface area (Å²) in [6, 6.07) is 4.96. The molecule has 88 valence electrons. The van der Waals surface area contributed by atoms with Crippen LogP contribution in [0.1, 0.15) is 5.56 Å². The van der Waals surface area contributed by atoms with Crippen molar-refractivity contribution in [3.05, 3.63) is 49.2 Å². The normalized spacial score (nSPS) is 10.4. The van der Waals surface area contributed by atoms with Crippen molar-refractivity contribution in [3.8, 4) is 5.69 Å². The molecule has 0 unspecified atom stereocenters. The van der Waals surface area contributed by atoms with Crippen molar-refractivity contribution >= 4 is 33.1 Å². The zero-order valence-corrected chi connectivity index (χ0v) is 10.8. The third kappa shape index (κ3) is 2.08. The van der Waals surface area contributed by atoms with Crippen molar-refractivity contribution in [2.24, 2.45) is 5.73 Å². The number of rotatable bonds is 2. The zero-order chi connectivity index (χ0) is 12.6. The quantitative estimate of drug-likeness (QED) is 0.692. The summed E-state index contributed by atoms with van der Waals surface area (Å²) in [7, 11) is 0. The fourth-order valence-corrected chi connectivity index (χ4v) is 1.95. The van der Waals surface area contributed by atoms with Crippen LogP contribution in [0, 0.1) is 0 Å². The molecule has 0 saturated carbocycles. The van der Waals surface area contributed by atoms with Gasteiger partial charge in [0, 0.05) is 10.0 Å². The minimum absolute atomic E-state index is 0.111. The van der Waals surface area contributed by atoms with E-state index in [1.54, 1.807) is 18.2 Å². The number of aromatic nitrogens is 3. The van der Waals surface area contributed by atoms with Gasteiger partial charge in [0.1, 0.15) is 4.99 Å². The highest BCUT2D eigenvalue weighted by atomic mass is 79.9. The average molecular weight is 315 g/mol. The van der Waals surface area contributed by atoms with Crippen LogP contribution in [0.15, 0.2) is 32.3 Å². The lowest BCUT2D eigenvalue weighted by molar-refractivity contribution is 0.948. The lowest BCUT2D eigenvalue weighted by Gasteiger charge is -2.07. The first kappa shape index (κ1) is 11.8. The minimum atomic E-state index is -0.578. The molecular formula is C9H7BrN4O2S. The van der Waals surface area contributed by atoms with E-state index < -0.39 is 11.4 Å². The van der Waals surface area contributed by atoms with Gasteiger partial charge in [-0.25, -0.2) is 24.4 Å². The molecule has 0 spiro atoms. The van der Waals surface area contributed by atoms with Gasteiger partial charge < -0.3 is 5.73 Å². The third-order valence-corrected chi connectivity index (χ3v) is 2.86. The van der Waals surface area contributed by atoms with Crippen LogP contribution in [0.5, 0.6) is 0 Å². The lowest BCUT2D eigenvalue weighted by Crippen LogP contribution is -2.27. The van der Waals surface area contributed by atoms with Crippen LogP contribution in [-0.2, 0) is 0 Å². The van der Waals surface area contributed by atoms with E-state index in [4.69, 9.17) is 18.0 Å². The van der Waals surface area contributed by atoms with E-state index in [1.807, 2.05) is 0 Å². The van der Waals surface area contributed by atoms with Gasteiger partial charge in [0.25, 0.3) is 0 Å². The molecule has 0 aliphatic rings. The van der Waals surface area contributed by atoms with E-state index in [0.717, 1.165) is 4.57 Å². The van der Waals surface area contributed by atoms with E-state index in [2.05, 4.69) is 26.1 Å². The highest BCUT2D eigenvalue weighted by Gasteiger charge is 2.12. The summed E-state index contributed by atoms with van der Waals surface area (Å²) < 4.78 is 1.64. The average Bonchev–Trinajstić information content (AvgIpc) is 2.58. The fraction of sp³-hybridized carbons (Fsp3) is 0. The number of H-pyrrole nitrogens is 2. The van der Waals surface area contributed by atoms with Crippen LogP contribution < -0.4 is 17.1 Å². The first-order chi connectivity index (χ1) is 8.00. The molecule has 0 saturated heterocycles. The molecule has 0 aliphatic carbocycles. The van der Waals surface area contributed by atoms with Crippen LogP contribution in [0.2, 0.25) is 0 Å². The van der Waals surface area contributed by atoms with Gasteiger partial charge in [-0.15, -0.1) is 0 Å². The highest BCUT2D eigenvalue weighted by Crippen LogP contribution is 2.18. The summed E-state index contributed by atoms with van der Waals surface area (Å²) in [5, 5.41) is 4.38. The molecule has 0 fully saturated rings. The smallest absolute Gasteiger partial charge is 0.349 e. The molecule has 4 N–H and O–H groups in total. The van der Waals surface area contributed by atoms with Crippen LogP contribution in [0.4, 0.5) is 0 Å². The van der Waals surface area contributed by atoms with Gasteiger partial charge in [0.2, 0.25) is 0 Å². The number of hydrogen-bond acceptors (Lipinski definition) is 3. The van der Waals surface area contributed by atoms with E-state index in [-0.39, 0.29) is 4.99 Å². The summed E-state index contributed by atoms with van der Waals surface area (Å²) in [5.74, 6) is 0. The maximum absolute atomic E-state index is 11.5. The Balaban J connectivity index is 2.83. The molecule has 6 nitrogen and oxygen atoms in total. The molecule has 8 heteroatoms. The number of thiocarbonyl (C=S) groups is 1. The monoisotopic (exact) mass is 314 g/mol. The Kier molecular flexibility index (Phi) is 2.99. The lowest BCUT2D eigenvalue weighted by atomic mass is 10.2. The summed E-state index contributed by atoms with van der Waals surface area (Å²) in [4.78, 5) is 23.1. The summed E-state index contributed by atoms with van der Waals surface area (Å²) in [6.45, 7) is 0. The third-order valence-electron chi connectivity index (χ3n) is 2.15. The Hall–Kier alpha value is -1.67. The van der Waals surface area contributed by atoms with Gasteiger partial charge in [-0.05, 0) is 18.2 Å². The molecule has 0 atom stereocenters. The Morgan fingerprint density at radius 1 is 1.29 bits per heavy atom. The van der Waals surface area contributed by atoms with E-state index >= 15 is 0 Å². The predicted molar refractivity (Wildman–Crippen MR) is 70.6 cm³/mol. The number of nitrogens with one attached hydrogen (secondary N) is 2. The molecule has 2 rings (SSSR count). The van der Waals surface area contributed by atoms with Gasteiger partial charge in [-0.2, -0.15) is 0 Å². The number of nitrogens with two attached hydrogens (primary N) is 1. The number of nitrogens with zero attached hydrogens (tertiary/aromatic N) is 1. The van der Waals surface area contributed by atoms with Crippen molar-refractivity contribution in [2.75, 3.05) is 0 Å². The van der Waals surface area contributed by atoms with Gasteiger partial charge >= 0.3 is 11.4 Å². The minimum Gasteiger partial charge on any atom is -0.389 e. The molecular weight excluding hydrogens is 308 g/mol. The van der Waals surface area contributed by atoms with Crippen molar-refractivity contribution in [3.63, 3.8) is 0 Å². The largest absolute Gasteiger partial charge is 0.389 e. The molecule has 0 radical (unpaired) electrons. The second kappa shape index (κ2) is 4.30. The predicted octanol–water partition coefficient (Wildman–Crippen LogP) is 0.251. The number of benzene rings is 1. The Morgan fingerprint density at radius 3 is 2.41 bits per heavy atom. The van der Waals surface area contributed by atoms with E-state index in [9.17, 15) is 9.59 Å². The zero-order valence-electron chi connectivity index (χ0n) is 8.36. The molecule has 0 amide bonds. The van der Waals surface area contributed by atoms with Crippen molar-refractivity contribution in [2.45, 2.75) is 0 Å². The molecule has 0 aliphatic heterocycles. The maximum atomic E-state index is 11.5. The maximum Gasteiger partial charge on any atom is 0.349 e. The fourth-order valence-electron chi connectivity index (χ4n) is 1.43. The highest BCUT2D eigenvalue weighted by molar-refractivity contribution is 9.10. The number of hydrogen-bond donors (Lipinski definition) is 3. The molecule has 1 heterocycles. The van der Waals surface area contributed by atoms with E-state index in [1.165, 1.54) is 0 Å². The van der Waals surface area contributed by atoms with Crippen LogP contribution >= 0.6 is 28.1 Å². The topological polar surface area (TPSA) is 96.7 Å². The van der Waals surface area contributed by atoms with Crippen LogP contribution in [0.3, 0.4) is 0 Å². The first-order valence-corrected chi connectivity index (χ1v) is 5.70. The number of aromatic amines is 2. The number of halogens is 1. The Labute approximate surface area is 109 Å². The van der Waals surface area contributed by atoms with Gasteiger partial charge in [-0.1, -0.05) is 28.1 Å². The van der Waals surface area contributed by atoms with E-state index in [0.29, 0.717) is 15.7 Å². The standard InChI is InChI=1S/C9H7BrN4O2S/c10-4-1-2-5(7(11)17)6(3-4)14-8(15)12-13-9(14)16/h1-3H,(H2,11,17)(H,12,15)(H,13,16). The Morgan fingerprint density at radius 2 is 1.88 bits per heavy atom. The van der Waals surface area contributed by atoms with Crippen molar-refractivity contribution in [1.82, 2.24) is 14.8 Å². The Bertz CT molecular complexity index is 672. The van der Waals surface area contributed by atoms with Crippen LogP contribution in [0.25, 0.3) is 5.69 Å². The van der Waals surface area contributed by atoms with Gasteiger partial charge in [-0.3, -0.25) is 0 Å². The SMILES string of the molecule is NC(=S)c1ccc(Br)cc1-n1c(=O)[nH][nH]c1=O. The second-order valence-electron chi connectivity index (χ2n) is 3.22. The summed E-state index contributed by atoms with van der Waals surface area (Å²) in [6.07, 6.45) is 0. The van der Waals surface area contributed by atoms with Crippen molar-refractivity contribution < 1.29 is 0 Å². The molecule has 17 heavy (non-hydrogen) atoms. The van der Waals surface area contributed by atoms with Crippen LogP contribution in [-0.4, -0.2) is 19.8 Å². The molecule has 2 aromatic rings. The summed E-state index contributed by atoms with van der Waals surface area (Å²) in [5.41, 5.74) is 5.18. The molecule has 1 aromatic heterocycles. The second-order valence-corrected chi connectivity index (χ2v) is 4.58. The molecule has 1 aromatic carbocycles.